The van der Waals surface area contributed by atoms with E-state index in [1.807, 2.05) is 0 Å². The zero-order chi connectivity index (χ0) is 13.0. The molecule has 1 fully saturated rings. The predicted octanol–water partition coefficient (Wildman–Crippen LogP) is 2.57. The van der Waals surface area contributed by atoms with Gasteiger partial charge in [-0.25, -0.2) is 0 Å². The lowest BCUT2D eigenvalue weighted by Crippen LogP contribution is -2.56. The van der Waals surface area contributed by atoms with Gasteiger partial charge >= 0.3 is 0 Å². The summed E-state index contributed by atoms with van der Waals surface area (Å²) in [6.07, 6.45) is 2.20. The van der Waals surface area contributed by atoms with Crippen LogP contribution in [0.5, 0.6) is 0 Å². The van der Waals surface area contributed by atoms with Crippen molar-refractivity contribution in [3.63, 3.8) is 0 Å². The number of anilines is 1. The first-order valence-corrected chi connectivity index (χ1v) is 7.02. The number of hydrogen-bond donors (Lipinski definition) is 1. The van der Waals surface area contributed by atoms with Crippen LogP contribution in [0.25, 0.3) is 0 Å². The molecule has 0 bridgehead atoms. The van der Waals surface area contributed by atoms with Crippen molar-refractivity contribution in [1.82, 2.24) is 10.2 Å². The second-order valence-corrected chi connectivity index (χ2v) is 4.97. The molecule has 0 unspecified atom stereocenters. The summed E-state index contributed by atoms with van der Waals surface area (Å²) in [5, 5.41) is 4.14. The van der Waals surface area contributed by atoms with Crippen molar-refractivity contribution in [3.8, 4) is 0 Å². The molecule has 4 heteroatoms. The van der Waals surface area contributed by atoms with Crippen LogP contribution in [0.3, 0.4) is 0 Å². The maximum atomic E-state index is 5.44. The third kappa shape index (κ3) is 2.82. The Morgan fingerprint density at radius 3 is 2.78 bits per heavy atom. The first-order chi connectivity index (χ1) is 8.76. The van der Waals surface area contributed by atoms with Crippen LogP contribution in [0.4, 0.5) is 5.69 Å². The highest BCUT2D eigenvalue weighted by Gasteiger charge is 2.22. The Morgan fingerprint density at radius 2 is 2.06 bits per heavy atom. The van der Waals surface area contributed by atoms with Gasteiger partial charge in [-0.1, -0.05) is 32.0 Å². The average molecular weight is 263 g/mol. The van der Waals surface area contributed by atoms with Crippen molar-refractivity contribution in [2.45, 2.75) is 26.7 Å². The van der Waals surface area contributed by atoms with Crippen LogP contribution in [-0.2, 0) is 6.42 Å². The predicted molar refractivity (Wildman–Crippen MR) is 80.8 cm³/mol. The molecule has 1 aromatic rings. The van der Waals surface area contributed by atoms with Crippen molar-refractivity contribution < 1.29 is 0 Å². The number of aryl methyl sites for hydroxylation is 1. The molecule has 0 amide bonds. The summed E-state index contributed by atoms with van der Waals surface area (Å²) in [6, 6.07) is 8.50. The molecule has 0 saturated carbocycles. The van der Waals surface area contributed by atoms with Crippen LogP contribution in [0.2, 0.25) is 0 Å². The molecule has 3 nitrogen and oxygen atoms in total. The molecule has 1 aliphatic rings. The van der Waals surface area contributed by atoms with Crippen LogP contribution in [-0.4, -0.2) is 29.9 Å². The lowest BCUT2D eigenvalue weighted by molar-refractivity contribution is 0.261. The Balaban J connectivity index is 2.21. The minimum absolute atomic E-state index is 0.836. The Labute approximate surface area is 115 Å². The molecular formula is C14H21N3S. The lowest BCUT2D eigenvalue weighted by Gasteiger charge is -2.38. The van der Waals surface area contributed by atoms with Gasteiger partial charge in [0.05, 0.1) is 13.3 Å². The van der Waals surface area contributed by atoms with E-state index in [0.717, 1.165) is 37.8 Å². The van der Waals surface area contributed by atoms with E-state index in [-0.39, 0.29) is 0 Å². The van der Waals surface area contributed by atoms with Gasteiger partial charge in [0.2, 0.25) is 0 Å². The van der Waals surface area contributed by atoms with E-state index in [2.05, 4.69) is 53.2 Å². The van der Waals surface area contributed by atoms with Crippen LogP contribution >= 0.6 is 12.2 Å². The zero-order valence-electron chi connectivity index (χ0n) is 11.1. The topological polar surface area (TPSA) is 18.5 Å². The summed E-state index contributed by atoms with van der Waals surface area (Å²) < 4.78 is 0. The maximum Gasteiger partial charge on any atom is 0.175 e. The second-order valence-electron chi connectivity index (χ2n) is 4.59. The first-order valence-electron chi connectivity index (χ1n) is 6.61. The van der Waals surface area contributed by atoms with Gasteiger partial charge in [0.15, 0.2) is 5.11 Å². The average Bonchev–Trinajstić information content (AvgIpc) is 2.41. The highest BCUT2D eigenvalue weighted by Crippen LogP contribution is 2.22. The van der Waals surface area contributed by atoms with Gasteiger partial charge in [0.25, 0.3) is 0 Å². The summed E-state index contributed by atoms with van der Waals surface area (Å²) >= 11 is 5.44. The lowest BCUT2D eigenvalue weighted by atomic mass is 10.1. The Hall–Kier alpha value is -1.13. The minimum atomic E-state index is 0.836. The van der Waals surface area contributed by atoms with E-state index >= 15 is 0 Å². The molecular weight excluding hydrogens is 242 g/mol. The van der Waals surface area contributed by atoms with Gasteiger partial charge in [-0.3, -0.25) is 4.90 Å². The number of nitrogens with one attached hydrogen (secondary N) is 1. The second kappa shape index (κ2) is 6.16. The van der Waals surface area contributed by atoms with Gasteiger partial charge in [-0.2, -0.15) is 0 Å². The third-order valence-corrected chi connectivity index (χ3v) is 3.61. The maximum absolute atomic E-state index is 5.44. The number of nitrogens with zero attached hydrogens (tertiary/aromatic N) is 2. The molecule has 0 atom stereocenters. The molecule has 2 rings (SSSR count). The summed E-state index contributed by atoms with van der Waals surface area (Å²) in [6.45, 7) is 7.23. The number of para-hydroxylation sites is 1. The number of benzene rings is 1. The normalized spacial score (nSPS) is 16.8. The van der Waals surface area contributed by atoms with Gasteiger partial charge in [0.1, 0.15) is 0 Å². The Morgan fingerprint density at radius 1 is 1.28 bits per heavy atom. The summed E-state index contributed by atoms with van der Waals surface area (Å²) in [5.74, 6) is 0. The van der Waals surface area contributed by atoms with Gasteiger partial charge in [-0.15, -0.1) is 0 Å². The quantitative estimate of drug-likeness (QED) is 0.841. The van der Waals surface area contributed by atoms with Gasteiger partial charge in [0, 0.05) is 12.2 Å². The molecule has 0 aliphatic carbocycles. The van der Waals surface area contributed by atoms with Crippen LogP contribution in [0, 0.1) is 0 Å². The molecule has 0 spiro atoms. The molecule has 1 aromatic carbocycles. The molecule has 1 heterocycles. The smallest absolute Gasteiger partial charge is 0.175 e. The van der Waals surface area contributed by atoms with E-state index in [1.165, 1.54) is 11.3 Å². The minimum Gasteiger partial charge on any atom is -0.349 e. The molecule has 1 saturated heterocycles. The first kappa shape index (κ1) is 13.3. The fourth-order valence-electron chi connectivity index (χ4n) is 2.31. The summed E-state index contributed by atoms with van der Waals surface area (Å²) in [5.41, 5.74) is 2.58. The van der Waals surface area contributed by atoms with Crippen molar-refractivity contribution in [2.75, 3.05) is 24.8 Å². The van der Waals surface area contributed by atoms with Crippen molar-refractivity contribution in [1.29, 1.82) is 0 Å². The van der Waals surface area contributed by atoms with E-state index in [4.69, 9.17) is 12.2 Å². The molecule has 0 aromatic heterocycles. The van der Waals surface area contributed by atoms with Crippen LogP contribution in [0.15, 0.2) is 24.3 Å². The van der Waals surface area contributed by atoms with Crippen molar-refractivity contribution in [3.05, 3.63) is 29.8 Å². The number of thiocarbonyl (C=S) groups is 1. The molecule has 98 valence electrons. The molecule has 1 aliphatic heterocycles. The Kier molecular flexibility index (Phi) is 4.55. The zero-order valence-corrected chi connectivity index (χ0v) is 12.0. The molecule has 18 heavy (non-hydrogen) atoms. The van der Waals surface area contributed by atoms with E-state index in [1.54, 1.807) is 0 Å². The van der Waals surface area contributed by atoms with Crippen LogP contribution < -0.4 is 10.2 Å². The van der Waals surface area contributed by atoms with E-state index in [9.17, 15) is 0 Å². The number of hydrogen-bond acceptors (Lipinski definition) is 2. The van der Waals surface area contributed by atoms with Crippen molar-refractivity contribution >= 4 is 23.0 Å². The van der Waals surface area contributed by atoms with Gasteiger partial charge < -0.3 is 10.2 Å². The van der Waals surface area contributed by atoms with E-state index < -0.39 is 0 Å². The summed E-state index contributed by atoms with van der Waals surface area (Å²) in [7, 11) is 0. The SMILES string of the molecule is CCCN1CNC(=S)N(c2ccccc2CC)C1. The van der Waals surface area contributed by atoms with Crippen molar-refractivity contribution in [2.24, 2.45) is 0 Å². The standard InChI is InChI=1S/C14H21N3S/c1-3-9-16-10-15-14(18)17(11-16)13-8-6-5-7-12(13)4-2/h5-8H,3-4,9-11H2,1-2H3,(H,15,18). The van der Waals surface area contributed by atoms with Gasteiger partial charge in [-0.05, 0) is 36.7 Å². The number of rotatable bonds is 4. The third-order valence-electron chi connectivity index (χ3n) is 3.24. The molecule has 0 radical (unpaired) electrons. The monoisotopic (exact) mass is 263 g/mol. The van der Waals surface area contributed by atoms with Crippen LogP contribution in [0.1, 0.15) is 25.8 Å². The highest BCUT2D eigenvalue weighted by molar-refractivity contribution is 7.80. The molecule has 1 N–H and O–H groups in total. The summed E-state index contributed by atoms with van der Waals surface area (Å²) in [4.78, 5) is 4.58. The fourth-order valence-corrected chi connectivity index (χ4v) is 2.53. The Bertz CT molecular complexity index is 419. The van der Waals surface area contributed by atoms with E-state index in [0.29, 0.717) is 0 Å². The largest absolute Gasteiger partial charge is 0.349 e. The fraction of sp³-hybridized carbons (Fsp3) is 0.500. The highest BCUT2D eigenvalue weighted by atomic mass is 32.1.